The topological polar surface area (TPSA) is 91.3 Å². The van der Waals surface area contributed by atoms with Crippen LogP contribution >= 0.6 is 0 Å². The number of hydrogen-bond acceptors (Lipinski definition) is 5. The summed E-state index contributed by atoms with van der Waals surface area (Å²) in [4.78, 5) is 30.5. The fourth-order valence-electron chi connectivity index (χ4n) is 8.24. The molecule has 0 spiro atoms. The number of hydrogen-bond donors (Lipinski definition) is 2. The van der Waals surface area contributed by atoms with Gasteiger partial charge in [-0.25, -0.2) is 4.79 Å². The zero-order valence-corrected chi connectivity index (χ0v) is 32.5. The van der Waals surface area contributed by atoms with Crippen LogP contribution in [-0.2, 0) is 16.8 Å². The molecule has 0 bridgehead atoms. The monoisotopic (exact) mass is 759 g/mol. The molecule has 7 rings (SSSR count). The van der Waals surface area contributed by atoms with Crippen molar-refractivity contribution in [2.45, 2.75) is 24.3 Å². The van der Waals surface area contributed by atoms with Crippen LogP contribution in [0, 0.1) is 0 Å². The molecule has 0 aromatic heterocycles. The number of carboxylic acid groups (broad SMARTS) is 1. The van der Waals surface area contributed by atoms with E-state index in [4.69, 9.17) is 9.47 Å². The van der Waals surface area contributed by atoms with Crippen LogP contribution in [0.5, 0.6) is 11.5 Å². The van der Waals surface area contributed by atoms with Crippen molar-refractivity contribution >= 4 is 12.0 Å². The molecule has 8 heteroatoms. The first-order valence-corrected chi connectivity index (χ1v) is 19.5. The Balaban J connectivity index is 1.15. The second-order valence-electron chi connectivity index (χ2n) is 14.3. The summed E-state index contributed by atoms with van der Waals surface area (Å²) in [7, 11) is 3.19. The number of rotatable bonds is 17. The molecular weight excluding hydrogens is 711 g/mol. The first-order chi connectivity index (χ1) is 27.9. The van der Waals surface area contributed by atoms with E-state index < -0.39 is 11.6 Å². The van der Waals surface area contributed by atoms with Crippen molar-refractivity contribution in [1.29, 1.82) is 0 Å². The van der Waals surface area contributed by atoms with Crippen molar-refractivity contribution < 1.29 is 24.2 Å². The van der Waals surface area contributed by atoms with E-state index in [0.29, 0.717) is 31.0 Å². The van der Waals surface area contributed by atoms with Crippen LogP contribution in [0.25, 0.3) is 11.1 Å². The Kier molecular flexibility index (Phi) is 12.3. The minimum absolute atomic E-state index is 0.0572. The van der Waals surface area contributed by atoms with E-state index in [1.807, 2.05) is 102 Å². The average molecular weight is 760 g/mol. The highest BCUT2D eigenvalue weighted by atomic mass is 16.5. The van der Waals surface area contributed by atoms with E-state index in [0.717, 1.165) is 44.5 Å². The smallest absolute Gasteiger partial charge is 0.407 e. The quantitative estimate of drug-likeness (QED) is 0.0904. The molecule has 0 fully saturated rings. The highest BCUT2D eigenvalue weighted by Gasteiger charge is 2.36. The lowest BCUT2D eigenvalue weighted by Crippen LogP contribution is -2.49. The Morgan fingerprint density at radius 1 is 0.614 bits per heavy atom. The van der Waals surface area contributed by atoms with Gasteiger partial charge in [0.05, 0.1) is 19.8 Å². The summed E-state index contributed by atoms with van der Waals surface area (Å²) in [5.74, 6) is 1.07. The lowest BCUT2D eigenvalue weighted by Gasteiger charge is -2.38. The third kappa shape index (κ3) is 8.42. The summed E-state index contributed by atoms with van der Waals surface area (Å²) in [5, 5.41) is 14.5. The first-order valence-electron chi connectivity index (χ1n) is 19.5. The standard InChI is InChI=1S/C49H49N3O5/c1-56-45-28-26-36(34-46(45)57-2)27-29-47(53)51(32-33-52(48(54)55)35-44-42-24-14-12-22-40(42)41-23-13-15-25-43(41)44)31-30-50-49(37-16-6-3-7-17-37,38-18-8-4-9-19-38)39-20-10-5-11-21-39/h3-26,28,34,44,50H,27,29-33,35H2,1-2H3,(H,54,55). The second-order valence-corrected chi connectivity index (χ2v) is 14.3. The maximum atomic E-state index is 14.3. The molecule has 8 nitrogen and oxygen atoms in total. The predicted octanol–water partition coefficient (Wildman–Crippen LogP) is 8.84. The van der Waals surface area contributed by atoms with Crippen LogP contribution in [0.1, 0.15) is 45.7 Å². The molecule has 2 N–H and O–H groups in total. The van der Waals surface area contributed by atoms with Crippen LogP contribution in [0.15, 0.2) is 158 Å². The Hall–Kier alpha value is -6.38. The van der Waals surface area contributed by atoms with Gasteiger partial charge >= 0.3 is 6.09 Å². The minimum Gasteiger partial charge on any atom is -0.493 e. The highest BCUT2D eigenvalue weighted by Crippen LogP contribution is 2.45. The van der Waals surface area contributed by atoms with Crippen molar-refractivity contribution in [3.63, 3.8) is 0 Å². The Morgan fingerprint density at radius 2 is 1.11 bits per heavy atom. The largest absolute Gasteiger partial charge is 0.493 e. The molecule has 0 aliphatic heterocycles. The number of carbonyl (C=O) groups excluding carboxylic acids is 1. The van der Waals surface area contributed by atoms with Crippen LogP contribution in [0.2, 0.25) is 0 Å². The van der Waals surface area contributed by atoms with Gasteiger partial charge in [0, 0.05) is 45.1 Å². The molecule has 6 aromatic carbocycles. The molecule has 1 aliphatic carbocycles. The minimum atomic E-state index is -1.01. The number of methoxy groups -OCH3 is 2. The molecule has 1 aliphatic rings. The zero-order valence-electron chi connectivity index (χ0n) is 32.5. The van der Waals surface area contributed by atoms with Gasteiger partial charge in [0.1, 0.15) is 0 Å². The third-order valence-corrected chi connectivity index (χ3v) is 11.1. The van der Waals surface area contributed by atoms with E-state index in [-0.39, 0.29) is 37.9 Å². The van der Waals surface area contributed by atoms with Gasteiger partial charge in [0.15, 0.2) is 11.5 Å². The highest BCUT2D eigenvalue weighted by molar-refractivity contribution is 5.79. The number of nitrogens with zero attached hydrogens (tertiary/aromatic N) is 2. The number of benzene rings is 6. The molecule has 0 heterocycles. The summed E-state index contributed by atoms with van der Waals surface area (Å²) in [6.45, 7) is 1.50. The second kappa shape index (κ2) is 18.0. The summed E-state index contributed by atoms with van der Waals surface area (Å²) >= 11 is 0. The van der Waals surface area contributed by atoms with Gasteiger partial charge in [-0.1, -0.05) is 146 Å². The summed E-state index contributed by atoms with van der Waals surface area (Å²) < 4.78 is 10.9. The van der Waals surface area contributed by atoms with Gasteiger partial charge in [-0.15, -0.1) is 0 Å². The van der Waals surface area contributed by atoms with Gasteiger partial charge in [-0.05, 0) is 63.1 Å². The van der Waals surface area contributed by atoms with Crippen LogP contribution < -0.4 is 14.8 Å². The molecule has 2 amide bonds. The lowest BCUT2D eigenvalue weighted by atomic mass is 9.77. The molecule has 0 saturated carbocycles. The lowest BCUT2D eigenvalue weighted by molar-refractivity contribution is -0.131. The molecule has 0 unspecified atom stereocenters. The Labute approximate surface area is 335 Å². The van der Waals surface area contributed by atoms with Crippen molar-refractivity contribution in [2.24, 2.45) is 0 Å². The van der Waals surface area contributed by atoms with Crippen molar-refractivity contribution in [3.8, 4) is 22.6 Å². The first kappa shape index (κ1) is 38.9. The third-order valence-electron chi connectivity index (χ3n) is 11.1. The Morgan fingerprint density at radius 3 is 1.61 bits per heavy atom. The van der Waals surface area contributed by atoms with Crippen LogP contribution in [0.4, 0.5) is 4.79 Å². The molecule has 0 radical (unpaired) electrons. The number of aryl methyl sites for hydroxylation is 1. The number of fused-ring (bicyclic) bond motifs is 3. The molecule has 0 atom stereocenters. The zero-order chi connectivity index (χ0) is 39.6. The number of nitrogens with one attached hydrogen (secondary N) is 1. The SMILES string of the molecule is COc1ccc(CCC(=O)N(CCNC(c2ccccc2)(c2ccccc2)c2ccccc2)CCN(CC2c3ccccc3-c3ccccc32)C(=O)O)cc1OC. The molecule has 0 saturated heterocycles. The summed E-state index contributed by atoms with van der Waals surface area (Å²) in [5.41, 5.74) is 7.97. The molecular formula is C49H49N3O5. The van der Waals surface area contributed by atoms with Gasteiger partial charge in [0.2, 0.25) is 5.91 Å². The van der Waals surface area contributed by atoms with Gasteiger partial charge in [0.25, 0.3) is 0 Å². The van der Waals surface area contributed by atoms with E-state index in [1.54, 1.807) is 14.2 Å². The molecule has 290 valence electrons. The fraction of sp³-hybridized carbons (Fsp3) is 0.224. The summed E-state index contributed by atoms with van der Waals surface area (Å²) in [6, 6.07) is 53.2. The maximum Gasteiger partial charge on any atom is 0.407 e. The molecule has 6 aromatic rings. The van der Waals surface area contributed by atoms with Gasteiger partial charge in [-0.3, -0.25) is 10.1 Å². The number of amides is 2. The maximum absolute atomic E-state index is 14.3. The summed E-state index contributed by atoms with van der Waals surface area (Å²) in [6.07, 6.45) is -0.278. The van der Waals surface area contributed by atoms with Crippen molar-refractivity contribution in [2.75, 3.05) is 46.9 Å². The van der Waals surface area contributed by atoms with Gasteiger partial charge < -0.3 is 24.4 Å². The van der Waals surface area contributed by atoms with Crippen molar-refractivity contribution in [1.82, 2.24) is 15.1 Å². The normalized spacial score (nSPS) is 12.0. The van der Waals surface area contributed by atoms with E-state index in [1.165, 1.54) is 4.90 Å². The number of ether oxygens (including phenoxy) is 2. The van der Waals surface area contributed by atoms with Gasteiger partial charge in [-0.2, -0.15) is 0 Å². The van der Waals surface area contributed by atoms with E-state index in [9.17, 15) is 14.7 Å². The van der Waals surface area contributed by atoms with E-state index in [2.05, 4.69) is 66.0 Å². The van der Waals surface area contributed by atoms with Crippen molar-refractivity contribution in [3.05, 3.63) is 191 Å². The van der Waals surface area contributed by atoms with Crippen LogP contribution in [0.3, 0.4) is 0 Å². The molecule has 57 heavy (non-hydrogen) atoms. The Bertz CT molecular complexity index is 2120. The fourth-order valence-corrected chi connectivity index (χ4v) is 8.24. The van der Waals surface area contributed by atoms with Crippen LogP contribution in [-0.4, -0.2) is 73.9 Å². The average Bonchev–Trinajstić information content (AvgIpc) is 3.58. The van der Waals surface area contributed by atoms with E-state index >= 15 is 0 Å². The number of carbonyl (C=O) groups is 2. The predicted molar refractivity (Wildman–Crippen MR) is 225 cm³/mol.